The molecular weight excluding hydrogens is 386 g/mol. The molecule has 0 radical (unpaired) electrons. The Labute approximate surface area is 184 Å². The Kier molecular flexibility index (Phi) is 6.16. The van der Waals surface area contributed by atoms with E-state index in [1.54, 1.807) is 9.25 Å². The van der Waals surface area contributed by atoms with Crippen LogP contribution in [0.5, 0.6) is 0 Å². The first-order valence-corrected chi connectivity index (χ1v) is 11.2. The molecular formula is C25H33N5O. The largest absolute Gasteiger partial charge is 0.378 e. The van der Waals surface area contributed by atoms with E-state index in [2.05, 4.69) is 53.7 Å². The van der Waals surface area contributed by atoms with Crippen molar-refractivity contribution in [1.82, 2.24) is 14.3 Å². The topological polar surface area (TPSA) is 55.1 Å². The van der Waals surface area contributed by atoms with Gasteiger partial charge in [0.15, 0.2) is 0 Å². The summed E-state index contributed by atoms with van der Waals surface area (Å²) in [5.74, 6) is 0.600. The zero-order valence-electron chi connectivity index (χ0n) is 19.0. The monoisotopic (exact) mass is 419 g/mol. The SMILES string of the molecule is CCn1cc(-c2cnn(C)c2)cc(NC2CCC(c3ccc(N(C)C)cc3)CC2)c1=O. The normalized spacial score (nSPS) is 18.7. The third kappa shape index (κ3) is 4.68. The number of aromatic nitrogens is 3. The van der Waals surface area contributed by atoms with Crippen LogP contribution >= 0.6 is 0 Å². The molecule has 2 heterocycles. The van der Waals surface area contributed by atoms with Gasteiger partial charge in [-0.25, -0.2) is 0 Å². The molecule has 0 unspecified atom stereocenters. The van der Waals surface area contributed by atoms with Crippen molar-refractivity contribution in [3.63, 3.8) is 0 Å². The lowest BCUT2D eigenvalue weighted by atomic mass is 9.81. The predicted molar refractivity (Wildman–Crippen MR) is 128 cm³/mol. The van der Waals surface area contributed by atoms with Crippen molar-refractivity contribution in [2.45, 2.75) is 51.1 Å². The Morgan fingerprint density at radius 3 is 2.35 bits per heavy atom. The summed E-state index contributed by atoms with van der Waals surface area (Å²) in [6.07, 6.45) is 10.2. The summed E-state index contributed by atoms with van der Waals surface area (Å²) in [7, 11) is 6.05. The molecule has 2 aromatic heterocycles. The maximum absolute atomic E-state index is 12.9. The van der Waals surface area contributed by atoms with E-state index in [4.69, 9.17) is 0 Å². The number of aryl methyl sites for hydroxylation is 2. The molecule has 0 bridgehead atoms. The van der Waals surface area contributed by atoms with Gasteiger partial charge in [-0.1, -0.05) is 12.1 Å². The summed E-state index contributed by atoms with van der Waals surface area (Å²) in [6.45, 7) is 2.66. The Morgan fingerprint density at radius 1 is 1.06 bits per heavy atom. The van der Waals surface area contributed by atoms with Crippen LogP contribution in [0.15, 0.2) is 53.7 Å². The van der Waals surface area contributed by atoms with Gasteiger partial charge in [0.1, 0.15) is 5.69 Å². The summed E-state index contributed by atoms with van der Waals surface area (Å²) < 4.78 is 3.57. The highest BCUT2D eigenvalue weighted by atomic mass is 16.1. The number of anilines is 2. The molecule has 0 aliphatic heterocycles. The third-order valence-electron chi connectivity index (χ3n) is 6.43. The van der Waals surface area contributed by atoms with Gasteiger partial charge in [0, 0.05) is 62.9 Å². The Bertz CT molecular complexity index is 1070. The molecule has 1 N–H and O–H groups in total. The average molecular weight is 420 g/mol. The van der Waals surface area contributed by atoms with E-state index in [0.717, 1.165) is 36.8 Å². The van der Waals surface area contributed by atoms with Gasteiger partial charge in [-0.05, 0) is 62.3 Å². The van der Waals surface area contributed by atoms with Crippen molar-refractivity contribution < 1.29 is 0 Å². The van der Waals surface area contributed by atoms with Crippen LogP contribution in [0, 0.1) is 0 Å². The molecule has 1 aromatic carbocycles. The van der Waals surface area contributed by atoms with Crippen LogP contribution in [0.2, 0.25) is 0 Å². The Hall–Kier alpha value is -3.02. The highest BCUT2D eigenvalue weighted by Crippen LogP contribution is 2.34. The molecule has 0 spiro atoms. The third-order valence-corrected chi connectivity index (χ3v) is 6.43. The number of hydrogen-bond acceptors (Lipinski definition) is 4. The Balaban J connectivity index is 1.46. The van der Waals surface area contributed by atoms with Crippen molar-refractivity contribution >= 4 is 11.4 Å². The van der Waals surface area contributed by atoms with Crippen LogP contribution in [-0.4, -0.2) is 34.5 Å². The molecule has 1 aliphatic carbocycles. The minimum Gasteiger partial charge on any atom is -0.378 e. The van der Waals surface area contributed by atoms with Crippen LogP contribution in [0.25, 0.3) is 11.1 Å². The van der Waals surface area contributed by atoms with E-state index >= 15 is 0 Å². The molecule has 0 saturated heterocycles. The summed E-state index contributed by atoms with van der Waals surface area (Å²) in [4.78, 5) is 15.0. The van der Waals surface area contributed by atoms with E-state index in [1.807, 2.05) is 38.6 Å². The summed E-state index contributed by atoms with van der Waals surface area (Å²) in [5, 5.41) is 7.84. The number of pyridine rings is 1. The standard InChI is InChI=1S/C25H33N5O/c1-5-30-17-20(21-15-26-29(4)16-21)14-24(25(30)31)27-22-10-6-18(7-11-22)19-8-12-23(13-9-19)28(2)3/h8-9,12-18,22,27H,5-7,10-11H2,1-4H3. The van der Waals surface area contributed by atoms with Gasteiger partial charge in [0.05, 0.1) is 6.20 Å². The van der Waals surface area contributed by atoms with E-state index < -0.39 is 0 Å². The number of rotatable bonds is 6. The van der Waals surface area contributed by atoms with Gasteiger partial charge in [-0.15, -0.1) is 0 Å². The van der Waals surface area contributed by atoms with Crippen molar-refractivity contribution in [1.29, 1.82) is 0 Å². The molecule has 0 amide bonds. The van der Waals surface area contributed by atoms with Crippen LogP contribution < -0.4 is 15.8 Å². The summed E-state index contributed by atoms with van der Waals surface area (Å²) >= 11 is 0. The van der Waals surface area contributed by atoms with Gasteiger partial charge < -0.3 is 14.8 Å². The van der Waals surface area contributed by atoms with Gasteiger partial charge in [-0.3, -0.25) is 9.48 Å². The van der Waals surface area contributed by atoms with Crippen molar-refractivity contribution in [2.75, 3.05) is 24.3 Å². The number of nitrogens with zero attached hydrogens (tertiary/aromatic N) is 4. The predicted octanol–water partition coefficient (Wildman–Crippen LogP) is 4.47. The fourth-order valence-corrected chi connectivity index (χ4v) is 4.54. The van der Waals surface area contributed by atoms with E-state index in [-0.39, 0.29) is 5.56 Å². The number of nitrogens with one attached hydrogen (secondary N) is 1. The highest BCUT2D eigenvalue weighted by Gasteiger charge is 2.23. The number of hydrogen-bond donors (Lipinski definition) is 1. The average Bonchev–Trinajstić information content (AvgIpc) is 3.22. The second-order valence-electron chi connectivity index (χ2n) is 8.82. The first-order chi connectivity index (χ1) is 14.9. The minimum absolute atomic E-state index is 0.0524. The lowest BCUT2D eigenvalue weighted by molar-refractivity contribution is 0.412. The first kappa shape index (κ1) is 21.2. The molecule has 1 saturated carbocycles. The van der Waals surface area contributed by atoms with E-state index in [9.17, 15) is 4.79 Å². The zero-order chi connectivity index (χ0) is 22.0. The van der Waals surface area contributed by atoms with E-state index in [0.29, 0.717) is 24.2 Å². The van der Waals surface area contributed by atoms with E-state index in [1.165, 1.54) is 11.3 Å². The quantitative estimate of drug-likeness (QED) is 0.640. The van der Waals surface area contributed by atoms with Crippen molar-refractivity contribution in [3.8, 4) is 11.1 Å². The highest BCUT2D eigenvalue weighted by molar-refractivity contribution is 5.65. The first-order valence-electron chi connectivity index (χ1n) is 11.2. The van der Waals surface area contributed by atoms with Crippen LogP contribution in [0.4, 0.5) is 11.4 Å². The number of benzene rings is 1. The van der Waals surface area contributed by atoms with Gasteiger partial charge in [0.2, 0.25) is 0 Å². The van der Waals surface area contributed by atoms with Crippen molar-refractivity contribution in [2.24, 2.45) is 7.05 Å². The smallest absolute Gasteiger partial charge is 0.273 e. The summed E-state index contributed by atoms with van der Waals surface area (Å²) in [6, 6.07) is 11.3. The van der Waals surface area contributed by atoms with Gasteiger partial charge >= 0.3 is 0 Å². The maximum Gasteiger partial charge on any atom is 0.273 e. The fourth-order valence-electron chi connectivity index (χ4n) is 4.54. The Morgan fingerprint density at radius 2 is 1.77 bits per heavy atom. The minimum atomic E-state index is 0.0524. The molecule has 1 aliphatic rings. The molecule has 6 nitrogen and oxygen atoms in total. The van der Waals surface area contributed by atoms with Crippen LogP contribution in [0.3, 0.4) is 0 Å². The lowest BCUT2D eigenvalue weighted by Gasteiger charge is -2.30. The fraction of sp³-hybridized carbons (Fsp3) is 0.440. The van der Waals surface area contributed by atoms with Gasteiger partial charge in [-0.2, -0.15) is 5.10 Å². The molecule has 1 fully saturated rings. The van der Waals surface area contributed by atoms with Crippen molar-refractivity contribution in [3.05, 3.63) is 64.8 Å². The molecule has 164 valence electrons. The molecule has 0 atom stereocenters. The maximum atomic E-state index is 12.9. The second kappa shape index (κ2) is 9.00. The molecule has 3 aromatic rings. The molecule has 4 rings (SSSR count). The van der Waals surface area contributed by atoms with Gasteiger partial charge in [0.25, 0.3) is 5.56 Å². The molecule has 6 heteroatoms. The lowest BCUT2D eigenvalue weighted by Crippen LogP contribution is -2.30. The van der Waals surface area contributed by atoms with Crippen LogP contribution in [0.1, 0.15) is 44.1 Å². The summed E-state index contributed by atoms with van der Waals surface area (Å²) in [5.41, 5.74) is 5.46. The van der Waals surface area contributed by atoms with Crippen LogP contribution in [-0.2, 0) is 13.6 Å². The second-order valence-corrected chi connectivity index (χ2v) is 8.82. The zero-order valence-corrected chi connectivity index (χ0v) is 19.0. The molecule has 31 heavy (non-hydrogen) atoms.